The molecule has 7 nitrogen and oxygen atoms in total. The van der Waals surface area contributed by atoms with E-state index in [9.17, 15) is 22.4 Å². The molecule has 2 aromatic rings. The van der Waals surface area contributed by atoms with Gasteiger partial charge < -0.3 is 10.1 Å². The van der Waals surface area contributed by atoms with Crippen molar-refractivity contribution in [2.45, 2.75) is 49.6 Å². The number of hydrogen-bond acceptors (Lipinski definition) is 5. The van der Waals surface area contributed by atoms with Crippen LogP contribution in [-0.2, 0) is 19.6 Å². The number of nitrogens with zero attached hydrogens (tertiary/aromatic N) is 1. The van der Waals surface area contributed by atoms with E-state index in [4.69, 9.17) is 4.74 Å². The van der Waals surface area contributed by atoms with Gasteiger partial charge >= 0.3 is 0 Å². The molecule has 2 fully saturated rings. The molecule has 2 aliphatic rings. The Labute approximate surface area is 199 Å². The zero-order valence-corrected chi connectivity index (χ0v) is 19.9. The van der Waals surface area contributed by atoms with Gasteiger partial charge in [0.25, 0.3) is 0 Å². The average molecular weight is 489 g/mol. The fourth-order valence-electron chi connectivity index (χ4n) is 4.57. The number of ketones is 1. The maximum absolute atomic E-state index is 13.4. The zero-order valence-electron chi connectivity index (χ0n) is 19.1. The molecule has 182 valence electrons. The van der Waals surface area contributed by atoms with Gasteiger partial charge in [-0.05, 0) is 62.4 Å². The Morgan fingerprint density at radius 2 is 1.68 bits per heavy atom. The number of rotatable bonds is 7. The molecule has 0 aromatic heterocycles. The topological polar surface area (TPSA) is 92.8 Å². The van der Waals surface area contributed by atoms with E-state index in [-0.39, 0.29) is 53.6 Å². The van der Waals surface area contributed by atoms with Crippen molar-refractivity contribution in [1.82, 2.24) is 9.62 Å². The Balaban J connectivity index is 1.40. The van der Waals surface area contributed by atoms with Gasteiger partial charge in [0.1, 0.15) is 5.82 Å². The van der Waals surface area contributed by atoms with Crippen molar-refractivity contribution in [3.05, 3.63) is 65.5 Å². The number of carbonyl (C=O) groups is 2. The van der Waals surface area contributed by atoms with Crippen molar-refractivity contribution >= 4 is 21.7 Å². The molecule has 2 aromatic carbocycles. The highest BCUT2D eigenvalue weighted by Gasteiger charge is 2.35. The number of hydrogen-bond donors (Lipinski definition) is 1. The van der Waals surface area contributed by atoms with Gasteiger partial charge in [-0.15, -0.1) is 0 Å². The van der Waals surface area contributed by atoms with Crippen LogP contribution in [0.2, 0.25) is 0 Å². The van der Waals surface area contributed by atoms with Gasteiger partial charge in [-0.2, -0.15) is 4.31 Å². The van der Waals surface area contributed by atoms with Crippen LogP contribution in [0.1, 0.15) is 54.6 Å². The molecule has 2 atom stereocenters. The number of carbonyl (C=O) groups excluding carboxylic acids is 2. The van der Waals surface area contributed by atoms with Crippen LogP contribution in [0.15, 0.2) is 53.4 Å². The smallest absolute Gasteiger partial charge is 0.243 e. The first-order valence-corrected chi connectivity index (χ1v) is 13.0. The fourth-order valence-corrected chi connectivity index (χ4v) is 6.04. The third-order valence-electron chi connectivity index (χ3n) is 6.59. The SMILES string of the molecule is CC(=O)c1ccc(S(=O)(=O)N2CCC(C(=O)NC(c3ccc(F)cc3)C3CCCO3)CC2)cc1. The summed E-state index contributed by atoms with van der Waals surface area (Å²) in [6.07, 6.45) is 2.34. The van der Waals surface area contributed by atoms with E-state index in [0.717, 1.165) is 18.4 Å². The van der Waals surface area contributed by atoms with Gasteiger partial charge in [0, 0.05) is 31.2 Å². The second kappa shape index (κ2) is 10.3. The van der Waals surface area contributed by atoms with Gasteiger partial charge in [-0.3, -0.25) is 9.59 Å². The lowest BCUT2D eigenvalue weighted by Crippen LogP contribution is -2.45. The first kappa shape index (κ1) is 24.5. The van der Waals surface area contributed by atoms with Crippen molar-refractivity contribution in [2.75, 3.05) is 19.7 Å². The third kappa shape index (κ3) is 5.37. The molecular formula is C25H29FN2O5S. The lowest BCUT2D eigenvalue weighted by Gasteiger charge is -2.32. The molecule has 0 spiro atoms. The Morgan fingerprint density at radius 3 is 2.24 bits per heavy atom. The summed E-state index contributed by atoms with van der Waals surface area (Å²) < 4.78 is 46.6. The van der Waals surface area contributed by atoms with Crippen molar-refractivity contribution in [3.8, 4) is 0 Å². The van der Waals surface area contributed by atoms with Crippen molar-refractivity contribution in [2.24, 2.45) is 5.92 Å². The lowest BCUT2D eigenvalue weighted by molar-refractivity contribution is -0.127. The summed E-state index contributed by atoms with van der Waals surface area (Å²) in [5, 5.41) is 3.08. The number of halogens is 1. The van der Waals surface area contributed by atoms with Crippen LogP contribution < -0.4 is 5.32 Å². The number of nitrogens with one attached hydrogen (secondary N) is 1. The predicted molar refractivity (Wildman–Crippen MR) is 124 cm³/mol. The molecule has 2 saturated heterocycles. The van der Waals surface area contributed by atoms with Crippen LogP contribution in [0.5, 0.6) is 0 Å². The van der Waals surface area contributed by atoms with Gasteiger partial charge in [-0.25, -0.2) is 12.8 Å². The number of sulfonamides is 1. The molecule has 34 heavy (non-hydrogen) atoms. The van der Waals surface area contributed by atoms with Crippen LogP contribution in [0.25, 0.3) is 0 Å². The summed E-state index contributed by atoms with van der Waals surface area (Å²) in [6, 6.07) is 11.6. The first-order valence-electron chi connectivity index (χ1n) is 11.5. The highest BCUT2D eigenvalue weighted by molar-refractivity contribution is 7.89. The highest BCUT2D eigenvalue weighted by atomic mass is 32.2. The largest absolute Gasteiger partial charge is 0.376 e. The zero-order chi connectivity index (χ0) is 24.3. The Kier molecular flexibility index (Phi) is 7.45. The molecule has 0 saturated carbocycles. The molecule has 9 heteroatoms. The second-order valence-electron chi connectivity index (χ2n) is 8.85. The third-order valence-corrected chi connectivity index (χ3v) is 8.50. The van der Waals surface area contributed by atoms with Crippen LogP contribution in [0.3, 0.4) is 0 Å². The van der Waals surface area contributed by atoms with Crippen LogP contribution in [0, 0.1) is 11.7 Å². The molecule has 1 N–H and O–H groups in total. The van der Waals surface area contributed by atoms with Crippen molar-refractivity contribution in [1.29, 1.82) is 0 Å². The molecule has 1 amide bonds. The maximum Gasteiger partial charge on any atom is 0.243 e. The maximum atomic E-state index is 13.4. The normalized spacial score (nSPS) is 20.7. The summed E-state index contributed by atoms with van der Waals surface area (Å²) >= 11 is 0. The van der Waals surface area contributed by atoms with E-state index in [1.165, 1.54) is 47.6 Å². The second-order valence-corrected chi connectivity index (χ2v) is 10.8. The monoisotopic (exact) mass is 488 g/mol. The Bertz CT molecular complexity index is 1120. The quantitative estimate of drug-likeness (QED) is 0.603. The Morgan fingerprint density at radius 1 is 1.03 bits per heavy atom. The van der Waals surface area contributed by atoms with E-state index in [1.54, 1.807) is 12.1 Å². The highest BCUT2D eigenvalue weighted by Crippen LogP contribution is 2.29. The number of piperidine rings is 1. The van der Waals surface area contributed by atoms with E-state index in [2.05, 4.69) is 5.32 Å². The average Bonchev–Trinajstić information content (AvgIpc) is 3.38. The molecule has 4 rings (SSSR count). The van der Waals surface area contributed by atoms with Crippen LogP contribution in [0.4, 0.5) is 4.39 Å². The first-order chi connectivity index (χ1) is 16.3. The van der Waals surface area contributed by atoms with E-state index >= 15 is 0 Å². The van der Waals surface area contributed by atoms with Crippen LogP contribution >= 0.6 is 0 Å². The minimum absolute atomic E-state index is 0.127. The van der Waals surface area contributed by atoms with Gasteiger partial charge in [0.2, 0.25) is 15.9 Å². The molecule has 2 unspecified atom stereocenters. The molecule has 0 bridgehead atoms. The van der Waals surface area contributed by atoms with Crippen LogP contribution in [-0.4, -0.2) is 50.2 Å². The number of Topliss-reactive ketones (excluding diaryl/α,β-unsaturated/α-hetero) is 1. The van der Waals surface area contributed by atoms with Gasteiger partial charge in [0.05, 0.1) is 17.0 Å². The van der Waals surface area contributed by atoms with Gasteiger partial charge in [0.15, 0.2) is 5.78 Å². The summed E-state index contributed by atoms with van der Waals surface area (Å²) in [4.78, 5) is 24.7. The molecule has 0 aliphatic carbocycles. The van der Waals surface area contributed by atoms with E-state index in [0.29, 0.717) is 25.0 Å². The summed E-state index contributed by atoms with van der Waals surface area (Å²) in [5.74, 6) is -0.938. The van der Waals surface area contributed by atoms with Crippen molar-refractivity contribution < 1.29 is 27.1 Å². The van der Waals surface area contributed by atoms with Gasteiger partial charge in [-0.1, -0.05) is 24.3 Å². The van der Waals surface area contributed by atoms with E-state index in [1.807, 2.05) is 0 Å². The molecular weight excluding hydrogens is 459 g/mol. The minimum Gasteiger partial charge on any atom is -0.376 e. The number of benzene rings is 2. The number of amides is 1. The van der Waals surface area contributed by atoms with Crippen molar-refractivity contribution in [3.63, 3.8) is 0 Å². The van der Waals surface area contributed by atoms with E-state index < -0.39 is 10.0 Å². The summed E-state index contributed by atoms with van der Waals surface area (Å²) in [5.41, 5.74) is 1.24. The Hall–Kier alpha value is -2.62. The summed E-state index contributed by atoms with van der Waals surface area (Å²) in [7, 11) is -3.70. The number of ether oxygens (including phenoxy) is 1. The summed E-state index contributed by atoms with van der Waals surface area (Å²) in [6.45, 7) is 2.52. The fraction of sp³-hybridized carbons (Fsp3) is 0.440. The molecule has 0 radical (unpaired) electrons. The minimum atomic E-state index is -3.70. The lowest BCUT2D eigenvalue weighted by atomic mass is 9.94. The standard InChI is InChI=1S/C25H29FN2O5S/c1-17(29)18-6-10-22(11-7-18)34(31,32)28-14-12-20(13-15-28)25(30)27-24(23-3-2-16-33-23)19-4-8-21(26)9-5-19/h4-11,20,23-24H,2-3,12-16H2,1H3,(H,27,30). The molecule has 2 aliphatic heterocycles. The molecule has 2 heterocycles. The predicted octanol–water partition coefficient (Wildman–Crippen LogP) is 3.47.